The van der Waals surface area contributed by atoms with Gasteiger partial charge in [-0.3, -0.25) is 4.79 Å². The SMILES string of the molecule is COc1cc(C(=O)OCC(=O)Nc2ccccc2C)cc2c1OCCO2. The molecular formula is C19H19NO6. The van der Waals surface area contributed by atoms with Crippen LogP contribution >= 0.6 is 0 Å². The van der Waals surface area contributed by atoms with Crippen LogP contribution in [0.1, 0.15) is 15.9 Å². The normalized spacial score (nSPS) is 12.2. The molecule has 1 aliphatic heterocycles. The first-order chi connectivity index (χ1) is 12.6. The lowest BCUT2D eigenvalue weighted by atomic mass is 10.1. The molecule has 0 radical (unpaired) electrons. The fourth-order valence-corrected chi connectivity index (χ4v) is 2.50. The van der Waals surface area contributed by atoms with E-state index in [4.69, 9.17) is 18.9 Å². The van der Waals surface area contributed by atoms with Crippen LogP contribution in [-0.4, -0.2) is 38.8 Å². The van der Waals surface area contributed by atoms with Crippen LogP contribution in [0.3, 0.4) is 0 Å². The summed E-state index contributed by atoms with van der Waals surface area (Å²) in [5.74, 6) is 0.162. The number of rotatable bonds is 5. The van der Waals surface area contributed by atoms with Gasteiger partial charge < -0.3 is 24.3 Å². The van der Waals surface area contributed by atoms with Crippen molar-refractivity contribution in [1.82, 2.24) is 0 Å². The summed E-state index contributed by atoms with van der Waals surface area (Å²) in [6.45, 7) is 2.27. The molecule has 1 N–H and O–H groups in total. The number of nitrogens with one attached hydrogen (secondary N) is 1. The zero-order valence-electron chi connectivity index (χ0n) is 14.5. The van der Waals surface area contributed by atoms with Crippen LogP contribution in [0, 0.1) is 6.92 Å². The highest BCUT2D eigenvalue weighted by Crippen LogP contribution is 2.40. The van der Waals surface area contributed by atoms with Gasteiger partial charge in [-0.25, -0.2) is 4.79 Å². The van der Waals surface area contributed by atoms with Gasteiger partial charge in [0.05, 0.1) is 12.7 Å². The van der Waals surface area contributed by atoms with Crippen molar-refractivity contribution in [2.75, 3.05) is 32.2 Å². The van der Waals surface area contributed by atoms with E-state index in [1.54, 1.807) is 6.07 Å². The summed E-state index contributed by atoms with van der Waals surface area (Å²) in [6.07, 6.45) is 0. The zero-order valence-corrected chi connectivity index (χ0v) is 14.5. The van der Waals surface area contributed by atoms with Gasteiger partial charge in [-0.15, -0.1) is 0 Å². The number of hydrogen-bond acceptors (Lipinski definition) is 6. The van der Waals surface area contributed by atoms with Crippen molar-refractivity contribution < 1.29 is 28.5 Å². The molecule has 0 unspecified atom stereocenters. The number of anilines is 1. The second-order valence-corrected chi connectivity index (χ2v) is 5.64. The Hall–Kier alpha value is -3.22. The van der Waals surface area contributed by atoms with E-state index in [2.05, 4.69) is 5.32 Å². The molecule has 0 aliphatic carbocycles. The van der Waals surface area contributed by atoms with E-state index < -0.39 is 18.5 Å². The van der Waals surface area contributed by atoms with Crippen LogP contribution in [0.2, 0.25) is 0 Å². The van der Waals surface area contributed by atoms with Crippen LogP contribution in [0.15, 0.2) is 36.4 Å². The summed E-state index contributed by atoms with van der Waals surface area (Å²) in [5.41, 5.74) is 1.81. The Balaban J connectivity index is 1.65. The van der Waals surface area contributed by atoms with E-state index >= 15 is 0 Å². The molecule has 0 saturated carbocycles. The molecule has 3 rings (SSSR count). The van der Waals surface area contributed by atoms with Crippen molar-refractivity contribution in [1.29, 1.82) is 0 Å². The average Bonchev–Trinajstić information content (AvgIpc) is 2.67. The first kappa shape index (κ1) is 17.6. The minimum atomic E-state index is -0.653. The highest BCUT2D eigenvalue weighted by Gasteiger charge is 2.22. The number of amides is 1. The fraction of sp³-hybridized carbons (Fsp3) is 0.263. The Morgan fingerprint density at radius 1 is 1.15 bits per heavy atom. The van der Waals surface area contributed by atoms with Gasteiger partial charge >= 0.3 is 5.97 Å². The third-order valence-corrected chi connectivity index (χ3v) is 3.82. The van der Waals surface area contributed by atoms with Gasteiger partial charge in [-0.1, -0.05) is 18.2 Å². The number of aryl methyl sites for hydroxylation is 1. The first-order valence-electron chi connectivity index (χ1n) is 8.08. The van der Waals surface area contributed by atoms with Gasteiger partial charge in [0, 0.05) is 5.69 Å². The Kier molecular flexibility index (Phi) is 5.26. The smallest absolute Gasteiger partial charge is 0.338 e. The minimum absolute atomic E-state index is 0.217. The van der Waals surface area contributed by atoms with E-state index in [1.165, 1.54) is 19.2 Å². The van der Waals surface area contributed by atoms with Gasteiger partial charge in [0.1, 0.15) is 13.2 Å². The average molecular weight is 357 g/mol. The molecule has 26 heavy (non-hydrogen) atoms. The van der Waals surface area contributed by atoms with Gasteiger partial charge in [-0.05, 0) is 30.7 Å². The molecule has 0 spiro atoms. The fourth-order valence-electron chi connectivity index (χ4n) is 2.50. The van der Waals surface area contributed by atoms with Crippen LogP contribution in [0.25, 0.3) is 0 Å². The van der Waals surface area contributed by atoms with E-state index in [0.717, 1.165) is 5.56 Å². The number of carbonyl (C=O) groups is 2. The molecule has 136 valence electrons. The summed E-state index contributed by atoms with van der Waals surface area (Å²) in [6, 6.07) is 10.4. The largest absolute Gasteiger partial charge is 0.493 e. The van der Waals surface area contributed by atoms with Gasteiger partial charge in [-0.2, -0.15) is 0 Å². The molecule has 0 bridgehead atoms. The molecule has 2 aromatic rings. The number of carbonyl (C=O) groups excluding carboxylic acids is 2. The summed E-state index contributed by atoms with van der Waals surface area (Å²) >= 11 is 0. The number of fused-ring (bicyclic) bond motifs is 1. The lowest BCUT2D eigenvalue weighted by Gasteiger charge is -2.21. The number of benzene rings is 2. The molecule has 1 amide bonds. The van der Waals surface area contributed by atoms with Crippen LogP contribution in [0.4, 0.5) is 5.69 Å². The standard InChI is InChI=1S/C19H19NO6/c1-12-5-3-4-6-14(12)20-17(21)11-26-19(22)13-9-15(23-2)18-16(10-13)24-7-8-25-18/h3-6,9-10H,7-8,11H2,1-2H3,(H,20,21). The Morgan fingerprint density at radius 2 is 1.92 bits per heavy atom. The monoisotopic (exact) mass is 357 g/mol. The zero-order chi connectivity index (χ0) is 18.5. The second-order valence-electron chi connectivity index (χ2n) is 5.64. The molecule has 0 aromatic heterocycles. The molecule has 1 aliphatic rings. The molecule has 0 saturated heterocycles. The Morgan fingerprint density at radius 3 is 2.69 bits per heavy atom. The van der Waals surface area contributed by atoms with E-state index in [1.807, 2.05) is 25.1 Å². The molecule has 2 aromatic carbocycles. The number of para-hydroxylation sites is 1. The maximum Gasteiger partial charge on any atom is 0.338 e. The summed E-state index contributed by atoms with van der Waals surface area (Å²) in [7, 11) is 1.47. The minimum Gasteiger partial charge on any atom is -0.493 e. The Bertz CT molecular complexity index is 816. The number of methoxy groups -OCH3 is 1. The van der Waals surface area contributed by atoms with Crippen molar-refractivity contribution in [3.8, 4) is 17.2 Å². The van der Waals surface area contributed by atoms with Crippen molar-refractivity contribution in [2.24, 2.45) is 0 Å². The first-order valence-corrected chi connectivity index (χ1v) is 8.08. The topological polar surface area (TPSA) is 83.1 Å². The second kappa shape index (κ2) is 7.77. The lowest BCUT2D eigenvalue weighted by molar-refractivity contribution is -0.119. The van der Waals surface area contributed by atoms with Crippen molar-refractivity contribution in [3.63, 3.8) is 0 Å². The maximum atomic E-state index is 12.3. The predicted octanol–water partition coefficient (Wildman–Crippen LogP) is 2.57. The van der Waals surface area contributed by atoms with Crippen molar-refractivity contribution >= 4 is 17.6 Å². The summed E-state index contributed by atoms with van der Waals surface area (Å²) < 4.78 is 21.3. The van der Waals surface area contributed by atoms with E-state index in [-0.39, 0.29) is 5.56 Å². The predicted molar refractivity (Wildman–Crippen MR) is 94.1 cm³/mol. The molecular weight excluding hydrogens is 338 g/mol. The third-order valence-electron chi connectivity index (χ3n) is 3.82. The number of ether oxygens (including phenoxy) is 4. The van der Waals surface area contributed by atoms with Crippen LogP contribution in [-0.2, 0) is 9.53 Å². The molecule has 7 heteroatoms. The van der Waals surface area contributed by atoms with Crippen LogP contribution in [0.5, 0.6) is 17.2 Å². The molecule has 7 nitrogen and oxygen atoms in total. The van der Waals surface area contributed by atoms with E-state index in [0.29, 0.717) is 36.1 Å². The highest BCUT2D eigenvalue weighted by atomic mass is 16.6. The quantitative estimate of drug-likeness (QED) is 0.828. The lowest BCUT2D eigenvalue weighted by Crippen LogP contribution is -2.22. The Labute approximate surface area is 150 Å². The van der Waals surface area contributed by atoms with Crippen LogP contribution < -0.4 is 19.5 Å². The van der Waals surface area contributed by atoms with Crippen molar-refractivity contribution in [3.05, 3.63) is 47.5 Å². The van der Waals surface area contributed by atoms with Crippen molar-refractivity contribution in [2.45, 2.75) is 6.92 Å². The van der Waals surface area contributed by atoms with Gasteiger partial charge in [0.2, 0.25) is 5.75 Å². The third kappa shape index (κ3) is 3.88. The maximum absolute atomic E-state index is 12.3. The molecule has 0 atom stereocenters. The molecule has 1 heterocycles. The summed E-state index contributed by atoms with van der Waals surface area (Å²) in [4.78, 5) is 24.3. The highest BCUT2D eigenvalue weighted by molar-refractivity contribution is 5.96. The number of esters is 1. The summed E-state index contributed by atoms with van der Waals surface area (Å²) in [5, 5.41) is 2.70. The van der Waals surface area contributed by atoms with Gasteiger partial charge in [0.25, 0.3) is 5.91 Å². The van der Waals surface area contributed by atoms with Gasteiger partial charge in [0.15, 0.2) is 18.1 Å². The number of hydrogen-bond donors (Lipinski definition) is 1. The molecule has 0 fully saturated rings. The van der Waals surface area contributed by atoms with E-state index in [9.17, 15) is 9.59 Å².